The van der Waals surface area contributed by atoms with Crippen molar-refractivity contribution in [1.29, 1.82) is 0 Å². The number of halogens is 1. The summed E-state index contributed by atoms with van der Waals surface area (Å²) in [5.41, 5.74) is 1.70. The SMILES string of the molecule is CCNc1cc(Nc2ccc(NC(=O)c3cccc(F)c3)cc2)nc(C)n1. The van der Waals surface area contributed by atoms with Crippen LogP contribution in [-0.2, 0) is 0 Å². The second-order valence-corrected chi connectivity index (χ2v) is 5.88. The number of nitrogens with one attached hydrogen (secondary N) is 3. The fourth-order valence-electron chi connectivity index (χ4n) is 2.52. The molecule has 138 valence electrons. The van der Waals surface area contributed by atoms with Crippen molar-refractivity contribution in [3.8, 4) is 0 Å². The molecule has 1 aromatic heterocycles. The molecule has 0 bridgehead atoms. The van der Waals surface area contributed by atoms with Gasteiger partial charge in [0.1, 0.15) is 23.3 Å². The topological polar surface area (TPSA) is 78.9 Å². The third-order valence-electron chi connectivity index (χ3n) is 3.70. The van der Waals surface area contributed by atoms with E-state index in [2.05, 4.69) is 25.9 Å². The maximum atomic E-state index is 13.2. The largest absolute Gasteiger partial charge is 0.370 e. The second kappa shape index (κ2) is 8.27. The number of carbonyl (C=O) groups excluding carboxylic acids is 1. The van der Waals surface area contributed by atoms with Crippen molar-refractivity contribution in [3.05, 3.63) is 71.8 Å². The van der Waals surface area contributed by atoms with Gasteiger partial charge in [0.2, 0.25) is 0 Å². The smallest absolute Gasteiger partial charge is 0.255 e. The van der Waals surface area contributed by atoms with Crippen LogP contribution in [-0.4, -0.2) is 22.4 Å². The van der Waals surface area contributed by atoms with E-state index in [4.69, 9.17) is 0 Å². The molecule has 0 saturated heterocycles. The summed E-state index contributed by atoms with van der Waals surface area (Å²) in [6.07, 6.45) is 0. The van der Waals surface area contributed by atoms with Crippen molar-refractivity contribution in [2.45, 2.75) is 13.8 Å². The molecule has 27 heavy (non-hydrogen) atoms. The summed E-state index contributed by atoms with van der Waals surface area (Å²) in [7, 11) is 0. The number of benzene rings is 2. The zero-order valence-electron chi connectivity index (χ0n) is 15.1. The Morgan fingerprint density at radius 1 is 1.00 bits per heavy atom. The Kier molecular flexibility index (Phi) is 5.61. The highest BCUT2D eigenvalue weighted by Gasteiger charge is 2.07. The molecule has 2 aromatic carbocycles. The minimum Gasteiger partial charge on any atom is -0.370 e. The van der Waals surface area contributed by atoms with E-state index >= 15 is 0 Å². The monoisotopic (exact) mass is 365 g/mol. The molecule has 0 fully saturated rings. The first kappa shape index (κ1) is 18.3. The number of carbonyl (C=O) groups is 1. The first-order chi connectivity index (χ1) is 13.0. The Labute approximate surface area is 156 Å². The Hall–Kier alpha value is -3.48. The average Bonchev–Trinajstić information content (AvgIpc) is 2.63. The molecular formula is C20H20FN5O. The van der Waals surface area contributed by atoms with Crippen LogP contribution in [0.15, 0.2) is 54.6 Å². The molecule has 0 atom stereocenters. The van der Waals surface area contributed by atoms with Crippen LogP contribution < -0.4 is 16.0 Å². The summed E-state index contributed by atoms with van der Waals surface area (Å²) in [6.45, 7) is 4.61. The van der Waals surface area contributed by atoms with Crippen LogP contribution in [0.25, 0.3) is 0 Å². The van der Waals surface area contributed by atoms with E-state index in [-0.39, 0.29) is 11.5 Å². The first-order valence-electron chi connectivity index (χ1n) is 8.57. The Morgan fingerprint density at radius 3 is 2.41 bits per heavy atom. The maximum Gasteiger partial charge on any atom is 0.255 e. The number of aromatic nitrogens is 2. The molecule has 1 heterocycles. The molecule has 0 aliphatic carbocycles. The lowest BCUT2D eigenvalue weighted by atomic mass is 10.2. The molecule has 0 saturated carbocycles. The van der Waals surface area contributed by atoms with Crippen LogP contribution in [0.4, 0.5) is 27.4 Å². The van der Waals surface area contributed by atoms with E-state index in [0.717, 1.165) is 18.1 Å². The molecule has 1 amide bonds. The molecule has 3 N–H and O–H groups in total. The Morgan fingerprint density at radius 2 is 1.70 bits per heavy atom. The molecule has 0 aliphatic heterocycles. The zero-order valence-corrected chi connectivity index (χ0v) is 15.1. The van der Waals surface area contributed by atoms with Crippen molar-refractivity contribution in [3.63, 3.8) is 0 Å². The molecule has 7 heteroatoms. The molecular weight excluding hydrogens is 345 g/mol. The zero-order chi connectivity index (χ0) is 19.2. The van der Waals surface area contributed by atoms with Gasteiger partial charge in [0.25, 0.3) is 5.91 Å². The first-order valence-corrected chi connectivity index (χ1v) is 8.57. The van der Waals surface area contributed by atoms with E-state index in [1.165, 1.54) is 18.2 Å². The third-order valence-corrected chi connectivity index (χ3v) is 3.70. The normalized spacial score (nSPS) is 10.3. The van der Waals surface area contributed by atoms with Gasteiger partial charge in [0, 0.05) is 29.5 Å². The van der Waals surface area contributed by atoms with Crippen LogP contribution in [0.1, 0.15) is 23.1 Å². The van der Waals surface area contributed by atoms with Gasteiger partial charge in [-0.15, -0.1) is 0 Å². The van der Waals surface area contributed by atoms with Gasteiger partial charge in [-0.2, -0.15) is 0 Å². The van der Waals surface area contributed by atoms with Crippen molar-refractivity contribution >= 4 is 28.9 Å². The third kappa shape index (κ3) is 5.01. The molecule has 6 nitrogen and oxygen atoms in total. The van der Waals surface area contributed by atoms with Crippen LogP contribution in [0.3, 0.4) is 0 Å². The van der Waals surface area contributed by atoms with E-state index in [9.17, 15) is 9.18 Å². The summed E-state index contributed by atoms with van der Waals surface area (Å²) in [6, 6.07) is 14.6. The van der Waals surface area contributed by atoms with Crippen LogP contribution in [0, 0.1) is 12.7 Å². The fourth-order valence-corrected chi connectivity index (χ4v) is 2.52. The van der Waals surface area contributed by atoms with Crippen LogP contribution in [0.5, 0.6) is 0 Å². The highest BCUT2D eigenvalue weighted by atomic mass is 19.1. The Bertz CT molecular complexity index is 943. The molecule has 0 unspecified atom stereocenters. The van der Waals surface area contributed by atoms with Crippen LogP contribution in [0.2, 0.25) is 0 Å². The minimum atomic E-state index is -0.445. The number of hydrogen-bond donors (Lipinski definition) is 3. The predicted octanol–water partition coefficient (Wildman–Crippen LogP) is 4.35. The summed E-state index contributed by atoms with van der Waals surface area (Å²) in [5, 5.41) is 9.11. The molecule has 0 radical (unpaired) electrons. The van der Waals surface area contributed by atoms with Gasteiger partial charge < -0.3 is 16.0 Å². The number of rotatable bonds is 6. The molecule has 3 rings (SSSR count). The van der Waals surface area contributed by atoms with Gasteiger partial charge in [-0.25, -0.2) is 14.4 Å². The van der Waals surface area contributed by atoms with Crippen molar-refractivity contribution in [2.24, 2.45) is 0 Å². The predicted molar refractivity (Wildman–Crippen MR) is 105 cm³/mol. The summed E-state index contributed by atoms with van der Waals surface area (Å²) in [5.74, 6) is 1.28. The lowest BCUT2D eigenvalue weighted by Crippen LogP contribution is -2.12. The van der Waals surface area contributed by atoms with Crippen LogP contribution >= 0.6 is 0 Å². The average molecular weight is 365 g/mol. The lowest BCUT2D eigenvalue weighted by Gasteiger charge is -2.10. The van der Waals surface area contributed by atoms with Gasteiger partial charge >= 0.3 is 0 Å². The van der Waals surface area contributed by atoms with Gasteiger partial charge in [-0.1, -0.05) is 6.07 Å². The molecule has 0 aliphatic rings. The highest BCUT2D eigenvalue weighted by molar-refractivity contribution is 6.04. The van der Waals surface area contributed by atoms with Gasteiger partial charge in [0.05, 0.1) is 0 Å². The van der Waals surface area contributed by atoms with Gasteiger partial charge in [-0.05, 0) is 56.3 Å². The summed E-state index contributed by atoms with van der Waals surface area (Å²) < 4.78 is 13.2. The number of hydrogen-bond acceptors (Lipinski definition) is 5. The Balaban J connectivity index is 1.68. The van der Waals surface area contributed by atoms with Gasteiger partial charge in [0.15, 0.2) is 0 Å². The maximum absolute atomic E-state index is 13.2. The summed E-state index contributed by atoms with van der Waals surface area (Å²) >= 11 is 0. The number of amides is 1. The fraction of sp³-hybridized carbons (Fsp3) is 0.150. The number of aryl methyl sites for hydroxylation is 1. The summed E-state index contributed by atoms with van der Waals surface area (Å²) in [4.78, 5) is 20.8. The number of anilines is 4. The highest BCUT2D eigenvalue weighted by Crippen LogP contribution is 2.20. The molecule has 3 aromatic rings. The second-order valence-electron chi connectivity index (χ2n) is 5.88. The van der Waals surface area contributed by atoms with E-state index < -0.39 is 5.82 Å². The lowest BCUT2D eigenvalue weighted by molar-refractivity contribution is 0.102. The van der Waals surface area contributed by atoms with E-state index in [1.54, 1.807) is 18.2 Å². The quantitative estimate of drug-likeness (QED) is 0.605. The van der Waals surface area contributed by atoms with E-state index in [1.807, 2.05) is 32.0 Å². The van der Waals surface area contributed by atoms with E-state index in [0.29, 0.717) is 17.3 Å². The number of nitrogens with zero attached hydrogens (tertiary/aromatic N) is 2. The minimum absolute atomic E-state index is 0.268. The van der Waals surface area contributed by atoms with Gasteiger partial charge in [-0.3, -0.25) is 4.79 Å². The van der Waals surface area contributed by atoms with Crippen molar-refractivity contribution < 1.29 is 9.18 Å². The van der Waals surface area contributed by atoms with Crippen molar-refractivity contribution in [2.75, 3.05) is 22.5 Å². The van der Waals surface area contributed by atoms with Crippen molar-refractivity contribution in [1.82, 2.24) is 9.97 Å². The molecule has 0 spiro atoms. The standard InChI is InChI=1S/C20H20FN5O/c1-3-22-18-12-19(24-13(2)23-18)25-16-7-9-17(10-8-16)26-20(27)14-5-4-6-15(21)11-14/h4-12H,3H2,1-2H3,(H,26,27)(H2,22,23,24,25).